The van der Waals surface area contributed by atoms with E-state index >= 15 is 0 Å². The molecule has 0 aliphatic rings. The number of pyridine rings is 1. The van der Waals surface area contributed by atoms with E-state index in [1.165, 1.54) is 5.56 Å². The highest BCUT2D eigenvalue weighted by Gasteiger charge is 2.02. The standard InChI is InChI=1S/C14H13NO/c1-12-7-9-15(10-8-12)11-14(16)13-5-3-2-4-6-13/h2-11H,1H3/p+1/b14-11-. The van der Waals surface area contributed by atoms with Crippen LogP contribution in [-0.2, 0) is 0 Å². The molecule has 0 aliphatic heterocycles. The van der Waals surface area contributed by atoms with Crippen LogP contribution in [0.15, 0.2) is 54.9 Å². The highest BCUT2D eigenvalue weighted by atomic mass is 16.3. The van der Waals surface area contributed by atoms with Crippen LogP contribution in [0.1, 0.15) is 11.1 Å². The Morgan fingerprint density at radius 1 is 1.06 bits per heavy atom. The Hall–Kier alpha value is -2.09. The summed E-state index contributed by atoms with van der Waals surface area (Å²) in [5.74, 6) is 0.259. The molecule has 0 saturated carbocycles. The van der Waals surface area contributed by atoms with E-state index < -0.39 is 0 Å². The first-order chi connectivity index (χ1) is 7.75. The van der Waals surface area contributed by atoms with Gasteiger partial charge in [0.2, 0.25) is 6.20 Å². The summed E-state index contributed by atoms with van der Waals surface area (Å²) in [5.41, 5.74) is 2.01. The average molecular weight is 212 g/mol. The maximum Gasteiger partial charge on any atom is 0.216 e. The van der Waals surface area contributed by atoms with Crippen LogP contribution in [0.4, 0.5) is 0 Å². The summed E-state index contributed by atoms with van der Waals surface area (Å²) in [6, 6.07) is 13.5. The Morgan fingerprint density at radius 2 is 1.69 bits per heavy atom. The van der Waals surface area contributed by atoms with Crippen LogP contribution in [0.5, 0.6) is 0 Å². The maximum atomic E-state index is 9.88. The van der Waals surface area contributed by atoms with E-state index in [2.05, 4.69) is 0 Å². The lowest BCUT2D eigenvalue weighted by molar-refractivity contribution is -0.568. The normalized spacial score (nSPS) is 11.4. The van der Waals surface area contributed by atoms with Gasteiger partial charge in [-0.15, -0.1) is 0 Å². The molecule has 1 aromatic carbocycles. The van der Waals surface area contributed by atoms with Crippen molar-refractivity contribution in [3.05, 3.63) is 66.0 Å². The molecule has 0 unspecified atom stereocenters. The minimum absolute atomic E-state index is 0.259. The van der Waals surface area contributed by atoms with Crippen LogP contribution >= 0.6 is 0 Å². The van der Waals surface area contributed by atoms with Crippen LogP contribution in [0.3, 0.4) is 0 Å². The summed E-state index contributed by atoms with van der Waals surface area (Å²) in [6.45, 7) is 2.03. The fraction of sp³-hybridized carbons (Fsp3) is 0.0714. The molecule has 0 fully saturated rings. The van der Waals surface area contributed by atoms with Gasteiger partial charge >= 0.3 is 0 Å². The van der Waals surface area contributed by atoms with Gasteiger partial charge < -0.3 is 5.11 Å². The zero-order valence-corrected chi connectivity index (χ0v) is 9.17. The zero-order valence-electron chi connectivity index (χ0n) is 9.17. The van der Waals surface area contributed by atoms with Gasteiger partial charge in [-0.25, -0.2) is 0 Å². The molecule has 80 valence electrons. The summed E-state index contributed by atoms with van der Waals surface area (Å²) in [7, 11) is 0. The molecular formula is C14H14NO+. The summed E-state index contributed by atoms with van der Waals surface area (Å²) >= 11 is 0. The molecule has 0 radical (unpaired) electrons. The molecule has 2 rings (SSSR count). The highest BCUT2D eigenvalue weighted by molar-refractivity contribution is 5.65. The smallest absolute Gasteiger partial charge is 0.216 e. The molecule has 1 N–H and O–H groups in total. The number of aryl methyl sites for hydroxylation is 1. The highest BCUT2D eigenvalue weighted by Crippen LogP contribution is 2.09. The van der Waals surface area contributed by atoms with Gasteiger partial charge in [0, 0.05) is 17.7 Å². The van der Waals surface area contributed by atoms with E-state index in [1.807, 2.05) is 66.3 Å². The molecule has 1 heterocycles. The molecule has 1 aromatic heterocycles. The first kappa shape index (κ1) is 10.4. The number of aromatic nitrogens is 1. The summed E-state index contributed by atoms with van der Waals surface area (Å²) in [5, 5.41) is 9.88. The molecule has 2 nitrogen and oxygen atoms in total. The molecule has 0 atom stereocenters. The second-order valence-corrected chi connectivity index (χ2v) is 3.70. The monoisotopic (exact) mass is 212 g/mol. The molecule has 0 bridgehead atoms. The Morgan fingerprint density at radius 3 is 2.31 bits per heavy atom. The van der Waals surface area contributed by atoms with Crippen molar-refractivity contribution in [2.24, 2.45) is 0 Å². The fourth-order valence-corrected chi connectivity index (χ4v) is 1.42. The Labute approximate surface area is 95.1 Å². The number of benzene rings is 1. The van der Waals surface area contributed by atoms with Crippen LogP contribution in [0, 0.1) is 6.92 Å². The van der Waals surface area contributed by atoms with Gasteiger partial charge in [-0.3, -0.25) is 0 Å². The number of nitrogens with zero attached hydrogens (tertiary/aromatic N) is 1. The molecule has 0 saturated heterocycles. The first-order valence-electron chi connectivity index (χ1n) is 5.19. The summed E-state index contributed by atoms with van der Waals surface area (Å²) in [4.78, 5) is 0. The van der Waals surface area contributed by atoms with E-state index in [1.54, 1.807) is 6.20 Å². The summed E-state index contributed by atoms with van der Waals surface area (Å²) in [6.07, 6.45) is 5.51. The molecule has 0 amide bonds. The molecule has 0 spiro atoms. The minimum Gasteiger partial charge on any atom is -0.502 e. The Bertz CT molecular complexity index is 486. The molecule has 16 heavy (non-hydrogen) atoms. The van der Waals surface area contributed by atoms with Crippen LogP contribution < -0.4 is 4.57 Å². The van der Waals surface area contributed by atoms with E-state index in [-0.39, 0.29) is 5.76 Å². The lowest BCUT2D eigenvalue weighted by atomic mass is 10.2. The van der Waals surface area contributed by atoms with Crippen molar-refractivity contribution in [3.63, 3.8) is 0 Å². The molecule has 0 aliphatic carbocycles. The van der Waals surface area contributed by atoms with Crippen molar-refractivity contribution >= 4 is 12.0 Å². The van der Waals surface area contributed by atoms with E-state index in [0.29, 0.717) is 0 Å². The van der Waals surface area contributed by atoms with E-state index in [9.17, 15) is 5.11 Å². The number of aliphatic hydroxyl groups is 1. The van der Waals surface area contributed by atoms with Crippen molar-refractivity contribution in [1.29, 1.82) is 0 Å². The van der Waals surface area contributed by atoms with Gasteiger partial charge in [-0.05, 0) is 12.5 Å². The number of rotatable bonds is 2. The second-order valence-electron chi connectivity index (χ2n) is 3.70. The maximum absolute atomic E-state index is 9.88. The predicted molar refractivity (Wildman–Crippen MR) is 64.6 cm³/mol. The first-order valence-corrected chi connectivity index (χ1v) is 5.19. The van der Waals surface area contributed by atoms with Gasteiger partial charge in [-0.1, -0.05) is 30.3 Å². The van der Waals surface area contributed by atoms with Crippen molar-refractivity contribution in [3.8, 4) is 0 Å². The lowest BCUT2D eigenvalue weighted by Gasteiger charge is -1.96. The van der Waals surface area contributed by atoms with Crippen molar-refractivity contribution in [2.45, 2.75) is 6.92 Å². The summed E-state index contributed by atoms with van der Waals surface area (Å²) < 4.78 is 1.83. The van der Waals surface area contributed by atoms with Crippen molar-refractivity contribution in [2.75, 3.05) is 0 Å². The van der Waals surface area contributed by atoms with Gasteiger partial charge in [-0.2, -0.15) is 4.57 Å². The lowest BCUT2D eigenvalue weighted by Crippen LogP contribution is -2.24. The zero-order chi connectivity index (χ0) is 11.4. The van der Waals surface area contributed by atoms with Gasteiger partial charge in [0.15, 0.2) is 18.2 Å². The van der Waals surface area contributed by atoms with Crippen LogP contribution in [-0.4, -0.2) is 5.11 Å². The predicted octanol–water partition coefficient (Wildman–Crippen LogP) is 2.80. The number of hydrogen-bond donors (Lipinski definition) is 1. The van der Waals surface area contributed by atoms with Crippen molar-refractivity contribution in [1.82, 2.24) is 0 Å². The second kappa shape index (κ2) is 4.62. The third-order valence-corrected chi connectivity index (χ3v) is 2.36. The minimum atomic E-state index is 0.259. The van der Waals surface area contributed by atoms with Crippen LogP contribution in [0.25, 0.3) is 12.0 Å². The van der Waals surface area contributed by atoms with Gasteiger partial charge in [0.05, 0.1) is 0 Å². The Balaban J connectivity index is 2.28. The van der Waals surface area contributed by atoms with Gasteiger partial charge in [0.1, 0.15) is 0 Å². The van der Waals surface area contributed by atoms with Crippen molar-refractivity contribution < 1.29 is 9.67 Å². The van der Waals surface area contributed by atoms with Crippen LogP contribution in [0.2, 0.25) is 0 Å². The fourth-order valence-electron chi connectivity index (χ4n) is 1.42. The van der Waals surface area contributed by atoms with E-state index in [4.69, 9.17) is 0 Å². The SMILES string of the molecule is Cc1cc[n+](/C=C(\O)c2ccccc2)cc1. The largest absolute Gasteiger partial charge is 0.502 e. The molecule has 2 aromatic rings. The Kier molecular flexibility index (Phi) is 3.01. The average Bonchev–Trinajstić information content (AvgIpc) is 2.33. The number of aliphatic hydroxyl groups excluding tert-OH is 1. The number of hydrogen-bond acceptors (Lipinski definition) is 1. The van der Waals surface area contributed by atoms with E-state index in [0.717, 1.165) is 5.56 Å². The quantitative estimate of drug-likeness (QED) is 0.600. The topological polar surface area (TPSA) is 24.1 Å². The third-order valence-electron chi connectivity index (χ3n) is 2.36. The van der Waals surface area contributed by atoms with Gasteiger partial charge in [0.25, 0.3) is 0 Å². The molecule has 2 heteroatoms. The third kappa shape index (κ3) is 2.48. The molecular weight excluding hydrogens is 198 g/mol.